The topological polar surface area (TPSA) is 0 Å². The van der Waals surface area contributed by atoms with E-state index in [-0.39, 0.29) is 0 Å². The first-order valence-corrected chi connectivity index (χ1v) is 35.5. The molecule has 0 saturated heterocycles. The molecule has 0 aliphatic carbocycles. The van der Waals surface area contributed by atoms with E-state index < -0.39 is 16.1 Å². The molecule has 2 aliphatic heterocycles. The van der Waals surface area contributed by atoms with Crippen LogP contribution in [0.4, 0.5) is 0 Å². The molecule has 0 aromatic heterocycles. The number of benzene rings is 12. The highest BCUT2D eigenvalue weighted by atomic mass is 28.3. The van der Waals surface area contributed by atoms with E-state index >= 15 is 0 Å². The minimum absolute atomic E-state index is 1.19. The van der Waals surface area contributed by atoms with Gasteiger partial charge >= 0.3 is 0 Å². The van der Waals surface area contributed by atoms with Crippen LogP contribution in [0, 0.1) is 0 Å². The van der Waals surface area contributed by atoms with Crippen molar-refractivity contribution in [3.05, 3.63) is 360 Å². The van der Waals surface area contributed by atoms with Gasteiger partial charge < -0.3 is 0 Å². The lowest BCUT2D eigenvalue weighted by molar-refractivity contribution is 1.55. The van der Waals surface area contributed by atoms with E-state index in [1.807, 2.05) is 0 Å². The van der Waals surface area contributed by atoms with Gasteiger partial charge in [0.05, 0.1) is 0 Å². The molecule has 0 atom stereocenters. The standard InChI is InChI=1S/C82H64Si2/c1-83(2)79(65-43-25-11-26-44-65)75(59-35-17-7-18-36-59)77(61-39-21-9-22-40-61)81(83)67-53-49-63(50-54-67)71-69-47-29-30-48-70(69)72(74(58-33-15-6-16-34-58)73(71)57-31-13-5-14-32-57)64-51-55-68(56-52-64)82-78(62-41-23-10-24-42-62)76(60-37-19-8-20-38-60)80(84(82,3)4)66-45-27-12-28-46-66/h5-56H,1-4H3. The van der Waals surface area contributed by atoms with Gasteiger partial charge in [-0.05, 0) is 143 Å². The third-order valence-electron chi connectivity index (χ3n) is 17.6. The Hall–Kier alpha value is -9.71. The minimum atomic E-state index is -2.40. The van der Waals surface area contributed by atoms with Gasteiger partial charge in [-0.3, -0.25) is 0 Å². The lowest BCUT2D eigenvalue weighted by Gasteiger charge is -2.27. The molecular weight excluding hydrogens is 1040 g/mol. The van der Waals surface area contributed by atoms with Gasteiger partial charge in [0.15, 0.2) is 0 Å². The smallest absolute Gasteiger partial charge is 0.0622 e. The molecule has 84 heavy (non-hydrogen) atoms. The van der Waals surface area contributed by atoms with Gasteiger partial charge in [0.2, 0.25) is 0 Å². The number of allylic oxidation sites excluding steroid dienone is 4. The molecule has 0 nitrogen and oxygen atoms in total. The van der Waals surface area contributed by atoms with Crippen LogP contribution in [0.2, 0.25) is 26.2 Å². The molecule has 0 N–H and O–H groups in total. The summed E-state index contributed by atoms with van der Waals surface area (Å²) in [6.45, 7) is 10.2. The fourth-order valence-electron chi connectivity index (χ4n) is 14.2. The quantitative estimate of drug-likeness (QED) is 0.107. The van der Waals surface area contributed by atoms with Gasteiger partial charge in [-0.2, -0.15) is 0 Å². The zero-order valence-electron chi connectivity index (χ0n) is 48.0. The van der Waals surface area contributed by atoms with Crippen molar-refractivity contribution in [2.24, 2.45) is 0 Å². The Morgan fingerprint density at radius 1 is 0.155 bits per heavy atom. The molecule has 2 heterocycles. The van der Waals surface area contributed by atoms with Crippen LogP contribution in [-0.2, 0) is 0 Å². The van der Waals surface area contributed by atoms with E-state index in [1.54, 1.807) is 0 Å². The van der Waals surface area contributed by atoms with E-state index in [0.29, 0.717) is 0 Å². The Morgan fingerprint density at radius 3 is 0.560 bits per heavy atom. The molecule has 0 fully saturated rings. The molecule has 2 heteroatoms. The Morgan fingerprint density at radius 2 is 0.321 bits per heavy atom. The summed E-state index contributed by atoms with van der Waals surface area (Å²) in [6.07, 6.45) is 0. The van der Waals surface area contributed by atoms with Crippen molar-refractivity contribution < 1.29 is 0 Å². The molecule has 0 radical (unpaired) electrons. The van der Waals surface area contributed by atoms with Crippen LogP contribution in [-0.4, -0.2) is 16.1 Å². The van der Waals surface area contributed by atoms with Crippen LogP contribution in [0.15, 0.2) is 315 Å². The number of hydrogen-bond acceptors (Lipinski definition) is 0. The molecule has 12 aromatic carbocycles. The summed E-state index contributed by atoms with van der Waals surface area (Å²) in [6, 6.07) is 118. The predicted octanol–water partition coefficient (Wildman–Crippen LogP) is 22.2. The maximum atomic E-state index is 2.56. The summed E-state index contributed by atoms with van der Waals surface area (Å²) < 4.78 is 0. The van der Waals surface area contributed by atoms with Gasteiger partial charge in [-0.1, -0.05) is 342 Å². The maximum absolute atomic E-state index is 2.56. The molecule has 400 valence electrons. The summed E-state index contributed by atoms with van der Waals surface area (Å²) in [4.78, 5) is 0. The molecule has 0 saturated carbocycles. The molecular formula is C82H64Si2. The average molecular weight is 1110 g/mol. The molecule has 0 amide bonds. The third kappa shape index (κ3) is 9.07. The predicted molar refractivity (Wildman–Crippen MR) is 367 cm³/mol. The summed E-state index contributed by atoms with van der Waals surface area (Å²) in [5.74, 6) is 0. The highest BCUT2D eigenvalue weighted by molar-refractivity contribution is 7.14. The second kappa shape index (κ2) is 21.9. The summed E-state index contributed by atoms with van der Waals surface area (Å²) in [7, 11) is -4.80. The molecule has 0 bridgehead atoms. The highest BCUT2D eigenvalue weighted by Gasteiger charge is 2.45. The molecule has 14 rings (SSSR count). The van der Waals surface area contributed by atoms with Gasteiger partial charge in [-0.25, -0.2) is 0 Å². The fourth-order valence-corrected chi connectivity index (χ4v) is 21.9. The van der Waals surface area contributed by atoms with Gasteiger partial charge in [0.1, 0.15) is 16.1 Å². The molecule has 0 unspecified atom stereocenters. The second-order valence-electron chi connectivity index (χ2n) is 23.4. The normalized spacial score (nSPS) is 14.7. The van der Waals surface area contributed by atoms with E-state index in [9.17, 15) is 0 Å². The van der Waals surface area contributed by atoms with Crippen molar-refractivity contribution in [3.8, 4) is 44.5 Å². The summed E-state index contributed by atoms with van der Waals surface area (Å²) in [5.41, 5.74) is 25.3. The SMILES string of the molecule is C[Si]1(C)C(c2ccccc2)=C(c2ccccc2)C(c2ccccc2)=C1c1ccc(-c2c(-c3ccccc3)c(-c3ccccc3)c(-c3ccc(C4=C(c5ccccc5)C(c5ccccc5)=C(c5ccccc5)[Si]4(C)C)cc3)c3ccccc23)cc1. The Labute approximate surface area is 497 Å². The average Bonchev–Trinajstić information content (AvgIpc) is 1.70. The monoisotopic (exact) mass is 1100 g/mol. The van der Waals surface area contributed by atoms with Crippen LogP contribution in [0.25, 0.3) is 98.4 Å². The third-order valence-corrected chi connectivity index (χ3v) is 24.8. The van der Waals surface area contributed by atoms with Crippen LogP contribution < -0.4 is 0 Å². The summed E-state index contributed by atoms with van der Waals surface area (Å²) >= 11 is 0. The second-order valence-corrected chi connectivity index (χ2v) is 31.9. The summed E-state index contributed by atoms with van der Waals surface area (Å²) in [5, 5.41) is 8.35. The Bertz CT molecular complexity index is 4230. The van der Waals surface area contributed by atoms with E-state index in [1.165, 1.54) is 143 Å². The number of hydrogen-bond donors (Lipinski definition) is 0. The van der Waals surface area contributed by atoms with Crippen LogP contribution >= 0.6 is 0 Å². The Balaban J connectivity index is 0.979. The highest BCUT2D eigenvalue weighted by Crippen LogP contribution is 2.58. The fraction of sp³-hybridized carbons (Fsp3) is 0.0488. The molecule has 0 spiro atoms. The lowest BCUT2D eigenvalue weighted by Crippen LogP contribution is -2.28. The van der Waals surface area contributed by atoms with Crippen molar-refractivity contribution in [3.63, 3.8) is 0 Å². The van der Waals surface area contributed by atoms with Gasteiger partial charge in [0, 0.05) is 0 Å². The number of fused-ring (bicyclic) bond motifs is 1. The van der Waals surface area contributed by atoms with Crippen LogP contribution in [0.5, 0.6) is 0 Å². The van der Waals surface area contributed by atoms with E-state index in [0.717, 1.165) is 0 Å². The van der Waals surface area contributed by atoms with Crippen molar-refractivity contribution in [1.29, 1.82) is 0 Å². The van der Waals surface area contributed by atoms with Crippen molar-refractivity contribution >= 4 is 70.0 Å². The first-order valence-electron chi connectivity index (χ1n) is 29.5. The molecule has 12 aromatic rings. The maximum Gasteiger partial charge on any atom is 0.115 e. The van der Waals surface area contributed by atoms with E-state index in [4.69, 9.17) is 0 Å². The zero-order chi connectivity index (χ0) is 56.8. The lowest BCUT2D eigenvalue weighted by atomic mass is 9.78. The Kier molecular flexibility index (Phi) is 13.6. The van der Waals surface area contributed by atoms with Crippen LogP contribution in [0.1, 0.15) is 44.5 Å². The van der Waals surface area contributed by atoms with Crippen LogP contribution in [0.3, 0.4) is 0 Å². The van der Waals surface area contributed by atoms with Gasteiger partial charge in [-0.15, -0.1) is 0 Å². The van der Waals surface area contributed by atoms with Gasteiger partial charge in [0.25, 0.3) is 0 Å². The zero-order valence-corrected chi connectivity index (χ0v) is 50.0. The molecule has 2 aliphatic rings. The van der Waals surface area contributed by atoms with E-state index in [2.05, 4.69) is 342 Å². The first kappa shape index (κ1) is 52.4. The largest absolute Gasteiger partial charge is 0.115 e. The van der Waals surface area contributed by atoms with Crippen molar-refractivity contribution in [2.45, 2.75) is 26.2 Å². The minimum Gasteiger partial charge on any atom is -0.0622 e. The first-order chi connectivity index (χ1) is 41.3. The van der Waals surface area contributed by atoms with Crippen molar-refractivity contribution in [1.82, 2.24) is 0 Å². The number of rotatable bonds is 12. The van der Waals surface area contributed by atoms with Crippen molar-refractivity contribution in [2.75, 3.05) is 0 Å².